The number of carbonyl (C=O) groups excluding carboxylic acids is 1. The highest BCUT2D eigenvalue weighted by molar-refractivity contribution is 5.76. The molecule has 150 valence electrons. The van der Waals surface area contributed by atoms with Crippen molar-refractivity contribution in [3.8, 4) is 5.75 Å². The fourth-order valence-electron chi connectivity index (χ4n) is 3.91. The van der Waals surface area contributed by atoms with Gasteiger partial charge < -0.3 is 10.1 Å². The van der Waals surface area contributed by atoms with Crippen LogP contribution in [-0.4, -0.2) is 37.6 Å². The second-order valence-electron chi connectivity index (χ2n) is 7.85. The molecule has 0 aromatic heterocycles. The topological polar surface area (TPSA) is 41.6 Å². The van der Waals surface area contributed by atoms with E-state index in [4.69, 9.17) is 4.74 Å². The van der Waals surface area contributed by atoms with Crippen molar-refractivity contribution in [1.82, 2.24) is 10.2 Å². The van der Waals surface area contributed by atoms with Crippen molar-refractivity contribution in [2.24, 2.45) is 0 Å². The largest absolute Gasteiger partial charge is 0.497 e. The molecule has 0 saturated carbocycles. The summed E-state index contributed by atoms with van der Waals surface area (Å²) >= 11 is 0. The van der Waals surface area contributed by atoms with Crippen LogP contribution < -0.4 is 10.1 Å². The molecule has 1 fully saturated rings. The SMILES string of the molecule is COc1ccc(C(C)CC(=O)NCC(c2ccc(C)cc2)N2CCCC2)cc1. The van der Waals surface area contributed by atoms with Gasteiger partial charge in [-0.25, -0.2) is 0 Å². The zero-order chi connectivity index (χ0) is 19.9. The molecule has 0 spiro atoms. The Morgan fingerprint density at radius 1 is 1.04 bits per heavy atom. The average molecular weight is 381 g/mol. The van der Waals surface area contributed by atoms with Crippen LogP contribution in [0.15, 0.2) is 48.5 Å². The minimum Gasteiger partial charge on any atom is -0.497 e. The number of methoxy groups -OCH3 is 1. The lowest BCUT2D eigenvalue weighted by Gasteiger charge is -2.28. The Hall–Kier alpha value is -2.33. The van der Waals surface area contributed by atoms with Gasteiger partial charge in [-0.05, 0) is 62.0 Å². The van der Waals surface area contributed by atoms with Gasteiger partial charge in [0.1, 0.15) is 5.75 Å². The molecule has 1 saturated heterocycles. The number of benzene rings is 2. The van der Waals surface area contributed by atoms with Crippen LogP contribution in [-0.2, 0) is 4.79 Å². The van der Waals surface area contributed by atoms with Crippen molar-refractivity contribution < 1.29 is 9.53 Å². The molecule has 0 bridgehead atoms. The molecule has 1 aliphatic heterocycles. The first-order chi connectivity index (χ1) is 13.6. The first kappa shape index (κ1) is 20.4. The predicted octanol–water partition coefficient (Wildman–Crippen LogP) is 4.45. The highest BCUT2D eigenvalue weighted by atomic mass is 16.5. The second kappa shape index (κ2) is 9.74. The van der Waals surface area contributed by atoms with Crippen LogP contribution in [0.25, 0.3) is 0 Å². The van der Waals surface area contributed by atoms with Crippen molar-refractivity contribution >= 4 is 5.91 Å². The summed E-state index contributed by atoms with van der Waals surface area (Å²) in [5, 5.41) is 3.19. The van der Waals surface area contributed by atoms with E-state index in [1.54, 1.807) is 7.11 Å². The van der Waals surface area contributed by atoms with Gasteiger partial charge in [-0.2, -0.15) is 0 Å². The van der Waals surface area contributed by atoms with Crippen LogP contribution in [0, 0.1) is 6.92 Å². The third-order valence-corrected chi connectivity index (χ3v) is 5.71. The van der Waals surface area contributed by atoms with Crippen molar-refractivity contribution in [2.45, 2.75) is 45.1 Å². The van der Waals surface area contributed by atoms with E-state index in [0.717, 1.165) is 24.4 Å². The van der Waals surface area contributed by atoms with Gasteiger partial charge in [0.25, 0.3) is 0 Å². The molecule has 2 aromatic rings. The lowest BCUT2D eigenvalue weighted by molar-refractivity contribution is -0.121. The van der Waals surface area contributed by atoms with Crippen LogP contribution in [0.1, 0.15) is 54.8 Å². The Balaban J connectivity index is 1.58. The van der Waals surface area contributed by atoms with E-state index in [-0.39, 0.29) is 17.9 Å². The zero-order valence-corrected chi connectivity index (χ0v) is 17.3. The van der Waals surface area contributed by atoms with Crippen LogP contribution >= 0.6 is 0 Å². The molecule has 2 unspecified atom stereocenters. The molecule has 0 radical (unpaired) electrons. The monoisotopic (exact) mass is 380 g/mol. The van der Waals surface area contributed by atoms with E-state index < -0.39 is 0 Å². The maximum atomic E-state index is 12.6. The Labute approximate surface area is 168 Å². The fourth-order valence-corrected chi connectivity index (χ4v) is 3.91. The quantitative estimate of drug-likeness (QED) is 0.736. The standard InChI is InChI=1S/C24H32N2O2/c1-18-6-8-21(9-7-18)23(26-14-4-5-15-26)17-25-24(27)16-19(2)20-10-12-22(28-3)13-11-20/h6-13,19,23H,4-5,14-17H2,1-3H3,(H,25,27). The fraction of sp³-hybridized carbons (Fsp3) is 0.458. The predicted molar refractivity (Wildman–Crippen MR) is 114 cm³/mol. The minimum atomic E-state index is 0.111. The van der Waals surface area contributed by atoms with Gasteiger partial charge in [0, 0.05) is 13.0 Å². The maximum Gasteiger partial charge on any atom is 0.220 e. The highest BCUT2D eigenvalue weighted by Gasteiger charge is 2.24. The van der Waals surface area contributed by atoms with Crippen LogP contribution in [0.4, 0.5) is 0 Å². The second-order valence-corrected chi connectivity index (χ2v) is 7.85. The number of hydrogen-bond donors (Lipinski definition) is 1. The number of rotatable bonds is 8. The lowest BCUT2D eigenvalue weighted by Crippen LogP contribution is -2.37. The van der Waals surface area contributed by atoms with Crippen LogP contribution in [0.3, 0.4) is 0 Å². The average Bonchev–Trinajstić information content (AvgIpc) is 3.24. The molecule has 1 aliphatic rings. The van der Waals surface area contributed by atoms with Crippen molar-refractivity contribution in [3.63, 3.8) is 0 Å². The summed E-state index contributed by atoms with van der Waals surface area (Å²) in [6.45, 7) is 7.08. The van der Waals surface area contributed by atoms with Gasteiger partial charge in [0.2, 0.25) is 5.91 Å². The molecule has 28 heavy (non-hydrogen) atoms. The molecule has 0 aliphatic carbocycles. The van der Waals surface area contributed by atoms with Gasteiger partial charge in [-0.3, -0.25) is 9.69 Å². The van der Waals surface area contributed by atoms with Crippen molar-refractivity contribution in [3.05, 3.63) is 65.2 Å². The number of ether oxygens (including phenoxy) is 1. The summed E-state index contributed by atoms with van der Waals surface area (Å²) in [4.78, 5) is 15.1. The molecule has 2 aromatic carbocycles. The van der Waals surface area contributed by atoms with Gasteiger partial charge in [0.15, 0.2) is 0 Å². The molecule has 1 amide bonds. The Kier molecular flexibility index (Phi) is 7.10. The number of nitrogens with zero attached hydrogens (tertiary/aromatic N) is 1. The number of likely N-dealkylation sites (tertiary alicyclic amines) is 1. The third-order valence-electron chi connectivity index (χ3n) is 5.71. The Bertz CT molecular complexity index is 749. The smallest absolute Gasteiger partial charge is 0.220 e. The van der Waals surface area contributed by atoms with E-state index in [0.29, 0.717) is 13.0 Å². The van der Waals surface area contributed by atoms with E-state index in [9.17, 15) is 4.79 Å². The van der Waals surface area contributed by atoms with Gasteiger partial charge in [-0.1, -0.05) is 48.9 Å². The van der Waals surface area contributed by atoms with Crippen molar-refractivity contribution in [2.75, 3.05) is 26.7 Å². The molecule has 1 N–H and O–H groups in total. The molecule has 2 atom stereocenters. The summed E-state index contributed by atoms with van der Waals surface area (Å²) in [6.07, 6.45) is 2.97. The summed E-state index contributed by atoms with van der Waals surface area (Å²) in [6, 6.07) is 16.9. The Morgan fingerprint density at radius 2 is 1.64 bits per heavy atom. The summed E-state index contributed by atoms with van der Waals surface area (Å²) < 4.78 is 5.21. The summed E-state index contributed by atoms with van der Waals surface area (Å²) in [5.41, 5.74) is 3.71. The lowest BCUT2D eigenvalue weighted by atomic mass is 9.97. The highest BCUT2D eigenvalue weighted by Crippen LogP contribution is 2.26. The number of carbonyl (C=O) groups is 1. The third kappa shape index (κ3) is 5.35. The molecular weight excluding hydrogens is 348 g/mol. The van der Waals surface area contributed by atoms with Gasteiger partial charge in [0.05, 0.1) is 13.2 Å². The van der Waals surface area contributed by atoms with Crippen molar-refractivity contribution in [1.29, 1.82) is 0 Å². The molecule has 1 heterocycles. The van der Waals surface area contributed by atoms with E-state index in [2.05, 4.69) is 48.3 Å². The molecular formula is C24H32N2O2. The molecule has 4 heteroatoms. The first-order valence-electron chi connectivity index (χ1n) is 10.3. The Morgan fingerprint density at radius 3 is 2.25 bits per heavy atom. The minimum absolute atomic E-state index is 0.111. The summed E-state index contributed by atoms with van der Waals surface area (Å²) in [7, 11) is 1.66. The molecule has 3 rings (SSSR count). The van der Waals surface area contributed by atoms with E-state index >= 15 is 0 Å². The van der Waals surface area contributed by atoms with E-state index in [1.807, 2.05) is 24.3 Å². The number of nitrogens with one attached hydrogen (secondary N) is 1. The first-order valence-corrected chi connectivity index (χ1v) is 10.3. The normalized spacial score (nSPS) is 16.5. The number of amides is 1. The maximum absolute atomic E-state index is 12.6. The van der Waals surface area contributed by atoms with Gasteiger partial charge >= 0.3 is 0 Å². The number of aryl methyl sites for hydroxylation is 1. The van der Waals surface area contributed by atoms with Crippen LogP contribution in [0.5, 0.6) is 5.75 Å². The number of hydrogen-bond acceptors (Lipinski definition) is 3. The van der Waals surface area contributed by atoms with E-state index in [1.165, 1.54) is 24.0 Å². The van der Waals surface area contributed by atoms with Crippen LogP contribution in [0.2, 0.25) is 0 Å². The van der Waals surface area contributed by atoms with Gasteiger partial charge in [-0.15, -0.1) is 0 Å². The molecule has 4 nitrogen and oxygen atoms in total. The summed E-state index contributed by atoms with van der Waals surface area (Å²) in [5.74, 6) is 1.13. The zero-order valence-electron chi connectivity index (χ0n) is 17.3.